The smallest absolute Gasteiger partial charge is 0.0109 e. The van der Waals surface area contributed by atoms with Crippen molar-refractivity contribution in [1.29, 1.82) is 0 Å². The molecule has 0 unspecified atom stereocenters. The Morgan fingerprint density at radius 3 is 2.62 bits per heavy atom. The second-order valence-corrected chi connectivity index (χ2v) is 4.21. The molecule has 0 aromatic carbocycles. The fourth-order valence-electron chi connectivity index (χ4n) is 1.91. The Morgan fingerprint density at radius 1 is 1.00 bits per heavy atom. The van der Waals surface area contributed by atoms with Gasteiger partial charge < -0.3 is 9.80 Å². The minimum Gasteiger partial charge on any atom is -0.305 e. The summed E-state index contributed by atoms with van der Waals surface area (Å²) < 4.78 is 0. The summed E-state index contributed by atoms with van der Waals surface area (Å²) in [5.41, 5.74) is 0. The third-order valence-electron chi connectivity index (χ3n) is 2.89. The van der Waals surface area contributed by atoms with Crippen molar-refractivity contribution in [3.8, 4) is 0 Å². The lowest BCUT2D eigenvalue weighted by atomic mass is 10.2. The van der Waals surface area contributed by atoms with Gasteiger partial charge in [-0.2, -0.15) is 0 Å². The van der Waals surface area contributed by atoms with Crippen molar-refractivity contribution in [2.75, 3.05) is 39.8 Å². The Hall–Kier alpha value is -0.0800. The van der Waals surface area contributed by atoms with E-state index in [1.165, 1.54) is 58.4 Å². The molecule has 0 saturated carbocycles. The molecule has 1 saturated heterocycles. The van der Waals surface area contributed by atoms with Gasteiger partial charge in [-0.25, -0.2) is 0 Å². The summed E-state index contributed by atoms with van der Waals surface area (Å²) in [7, 11) is 2.23. The van der Waals surface area contributed by atoms with E-state index in [1.54, 1.807) is 0 Å². The van der Waals surface area contributed by atoms with Gasteiger partial charge in [0, 0.05) is 13.1 Å². The normalized spacial score (nSPS) is 21.7. The van der Waals surface area contributed by atoms with E-state index in [2.05, 4.69) is 23.8 Å². The maximum absolute atomic E-state index is 2.62. The lowest BCUT2D eigenvalue weighted by Gasteiger charge is -2.19. The molecule has 0 radical (unpaired) electrons. The van der Waals surface area contributed by atoms with Crippen LogP contribution < -0.4 is 0 Å². The van der Waals surface area contributed by atoms with E-state index in [4.69, 9.17) is 0 Å². The molecule has 0 bridgehead atoms. The monoisotopic (exact) mass is 184 g/mol. The summed E-state index contributed by atoms with van der Waals surface area (Å²) in [4.78, 5) is 5.07. The molecule has 78 valence electrons. The van der Waals surface area contributed by atoms with Crippen LogP contribution in [0.15, 0.2) is 0 Å². The van der Waals surface area contributed by atoms with Crippen molar-refractivity contribution in [1.82, 2.24) is 9.80 Å². The van der Waals surface area contributed by atoms with Gasteiger partial charge in [-0.3, -0.25) is 0 Å². The average molecular weight is 184 g/mol. The summed E-state index contributed by atoms with van der Waals surface area (Å²) in [6, 6.07) is 0. The van der Waals surface area contributed by atoms with Gasteiger partial charge in [-0.1, -0.05) is 19.8 Å². The standard InChI is InChI=1S/C11H24N2/c1-3-4-5-8-13-9-6-7-12(2)10-11-13/h3-11H2,1-2H3. The van der Waals surface area contributed by atoms with Gasteiger partial charge in [0.05, 0.1) is 0 Å². The molecule has 0 amide bonds. The van der Waals surface area contributed by atoms with Crippen molar-refractivity contribution in [3.05, 3.63) is 0 Å². The van der Waals surface area contributed by atoms with Crippen LogP contribution in [0.2, 0.25) is 0 Å². The Bertz CT molecular complexity index is 125. The molecular formula is C11H24N2. The van der Waals surface area contributed by atoms with Gasteiger partial charge in [0.2, 0.25) is 0 Å². The Kier molecular flexibility index (Phi) is 5.40. The Balaban J connectivity index is 2.11. The number of unbranched alkanes of at least 4 members (excludes halogenated alkanes) is 2. The zero-order valence-electron chi connectivity index (χ0n) is 9.26. The molecule has 1 heterocycles. The first-order valence-corrected chi connectivity index (χ1v) is 5.74. The topological polar surface area (TPSA) is 6.48 Å². The summed E-state index contributed by atoms with van der Waals surface area (Å²) in [5, 5.41) is 0. The van der Waals surface area contributed by atoms with Crippen LogP contribution in [0.3, 0.4) is 0 Å². The highest BCUT2D eigenvalue weighted by Gasteiger charge is 2.10. The quantitative estimate of drug-likeness (QED) is 0.615. The summed E-state index contributed by atoms with van der Waals surface area (Å²) in [6.07, 6.45) is 5.48. The predicted molar refractivity (Wildman–Crippen MR) is 58.1 cm³/mol. The van der Waals surface area contributed by atoms with Crippen LogP contribution in [0.1, 0.15) is 32.6 Å². The van der Waals surface area contributed by atoms with E-state index < -0.39 is 0 Å². The lowest BCUT2D eigenvalue weighted by molar-refractivity contribution is 0.271. The van der Waals surface area contributed by atoms with Gasteiger partial charge in [-0.15, -0.1) is 0 Å². The molecule has 1 rings (SSSR count). The number of rotatable bonds is 4. The highest BCUT2D eigenvalue weighted by atomic mass is 15.2. The first-order valence-electron chi connectivity index (χ1n) is 5.74. The van der Waals surface area contributed by atoms with Crippen LogP contribution in [0, 0.1) is 0 Å². The second kappa shape index (κ2) is 6.39. The Morgan fingerprint density at radius 2 is 1.85 bits per heavy atom. The van der Waals surface area contributed by atoms with Crippen molar-refractivity contribution in [2.45, 2.75) is 32.6 Å². The van der Waals surface area contributed by atoms with E-state index >= 15 is 0 Å². The SMILES string of the molecule is CCCCCN1CCCN(C)CC1. The van der Waals surface area contributed by atoms with Gasteiger partial charge in [0.25, 0.3) is 0 Å². The van der Waals surface area contributed by atoms with E-state index in [1.807, 2.05) is 0 Å². The van der Waals surface area contributed by atoms with E-state index in [0.717, 1.165) is 0 Å². The van der Waals surface area contributed by atoms with E-state index in [9.17, 15) is 0 Å². The first-order chi connectivity index (χ1) is 6.33. The molecule has 0 aromatic heterocycles. The van der Waals surface area contributed by atoms with Crippen LogP contribution in [0.4, 0.5) is 0 Å². The molecule has 0 spiro atoms. The average Bonchev–Trinajstić information content (AvgIpc) is 2.32. The van der Waals surface area contributed by atoms with Crippen LogP contribution in [0.5, 0.6) is 0 Å². The summed E-state index contributed by atoms with van der Waals surface area (Å²) in [6.45, 7) is 8.72. The van der Waals surface area contributed by atoms with Crippen molar-refractivity contribution in [2.24, 2.45) is 0 Å². The maximum atomic E-state index is 2.62. The molecule has 1 aliphatic rings. The fraction of sp³-hybridized carbons (Fsp3) is 1.00. The third kappa shape index (κ3) is 4.63. The van der Waals surface area contributed by atoms with Gasteiger partial charge in [0.15, 0.2) is 0 Å². The molecular weight excluding hydrogens is 160 g/mol. The molecule has 2 heteroatoms. The lowest BCUT2D eigenvalue weighted by Crippen LogP contribution is -2.29. The van der Waals surface area contributed by atoms with Crippen LogP contribution in [-0.4, -0.2) is 49.6 Å². The third-order valence-corrected chi connectivity index (χ3v) is 2.89. The van der Waals surface area contributed by atoms with Crippen LogP contribution in [-0.2, 0) is 0 Å². The molecule has 1 fully saturated rings. The van der Waals surface area contributed by atoms with E-state index in [0.29, 0.717) is 0 Å². The molecule has 1 aliphatic heterocycles. The second-order valence-electron chi connectivity index (χ2n) is 4.21. The van der Waals surface area contributed by atoms with Crippen molar-refractivity contribution in [3.63, 3.8) is 0 Å². The highest BCUT2D eigenvalue weighted by Crippen LogP contribution is 2.03. The molecule has 13 heavy (non-hydrogen) atoms. The molecule has 2 nitrogen and oxygen atoms in total. The molecule has 0 aliphatic carbocycles. The van der Waals surface area contributed by atoms with Crippen LogP contribution in [0.25, 0.3) is 0 Å². The number of likely N-dealkylation sites (N-methyl/N-ethyl adjacent to an activating group) is 1. The minimum absolute atomic E-state index is 1.26. The highest BCUT2D eigenvalue weighted by molar-refractivity contribution is 4.66. The Labute approximate surface area is 82.9 Å². The maximum Gasteiger partial charge on any atom is 0.0109 e. The zero-order valence-corrected chi connectivity index (χ0v) is 9.26. The van der Waals surface area contributed by atoms with Gasteiger partial charge in [0.1, 0.15) is 0 Å². The minimum atomic E-state index is 1.26. The van der Waals surface area contributed by atoms with Crippen molar-refractivity contribution >= 4 is 0 Å². The summed E-state index contributed by atoms with van der Waals surface area (Å²) >= 11 is 0. The van der Waals surface area contributed by atoms with Gasteiger partial charge in [-0.05, 0) is 39.5 Å². The number of hydrogen-bond acceptors (Lipinski definition) is 2. The predicted octanol–water partition coefficient (Wildman–Crippen LogP) is 1.81. The largest absolute Gasteiger partial charge is 0.305 e. The molecule has 0 atom stereocenters. The fourth-order valence-corrected chi connectivity index (χ4v) is 1.91. The molecule has 0 N–H and O–H groups in total. The number of hydrogen-bond donors (Lipinski definition) is 0. The first kappa shape index (κ1) is 11.0. The summed E-state index contributed by atoms with van der Waals surface area (Å²) in [5.74, 6) is 0. The van der Waals surface area contributed by atoms with Crippen molar-refractivity contribution < 1.29 is 0 Å². The van der Waals surface area contributed by atoms with Gasteiger partial charge >= 0.3 is 0 Å². The number of nitrogens with zero attached hydrogens (tertiary/aromatic N) is 2. The molecule has 0 aromatic rings. The van der Waals surface area contributed by atoms with E-state index in [-0.39, 0.29) is 0 Å². The zero-order chi connectivity index (χ0) is 9.52. The van der Waals surface area contributed by atoms with Crippen LogP contribution >= 0.6 is 0 Å².